The maximum atomic E-state index is 12.2. The highest BCUT2D eigenvalue weighted by molar-refractivity contribution is 6.35. The Balaban J connectivity index is 2.85. The number of nitrogens with one attached hydrogen (secondary N) is 1. The number of carbonyl (C=O) groups excluding carboxylic acids is 1. The topological polar surface area (TPSA) is 32.3 Å². The van der Waals surface area contributed by atoms with Crippen molar-refractivity contribution in [3.8, 4) is 0 Å². The van der Waals surface area contributed by atoms with Gasteiger partial charge in [0.25, 0.3) is 0 Å². The van der Waals surface area contributed by atoms with Crippen LogP contribution in [0.4, 0.5) is 5.69 Å². The van der Waals surface area contributed by atoms with Gasteiger partial charge in [0.15, 0.2) is 0 Å². The van der Waals surface area contributed by atoms with E-state index in [1.54, 1.807) is 17.0 Å². The van der Waals surface area contributed by atoms with Gasteiger partial charge in [-0.05, 0) is 45.4 Å². The first-order chi connectivity index (χ1) is 8.90. The van der Waals surface area contributed by atoms with Gasteiger partial charge >= 0.3 is 0 Å². The van der Waals surface area contributed by atoms with Gasteiger partial charge < -0.3 is 10.2 Å². The van der Waals surface area contributed by atoms with Crippen LogP contribution in [0.25, 0.3) is 0 Å². The lowest BCUT2D eigenvalue weighted by Crippen LogP contribution is -2.41. The van der Waals surface area contributed by atoms with Gasteiger partial charge in [-0.2, -0.15) is 0 Å². The second kappa shape index (κ2) is 7.01. The average molecular weight is 303 g/mol. The zero-order chi connectivity index (χ0) is 14.6. The van der Waals surface area contributed by atoms with Crippen molar-refractivity contribution in [1.29, 1.82) is 0 Å². The molecule has 106 valence electrons. The van der Waals surface area contributed by atoms with Crippen molar-refractivity contribution in [1.82, 2.24) is 4.90 Å². The first kappa shape index (κ1) is 16.1. The molecule has 0 fully saturated rings. The lowest BCUT2D eigenvalue weighted by Gasteiger charge is -2.24. The summed E-state index contributed by atoms with van der Waals surface area (Å²) in [6, 6.07) is 3.21. The number of hydrogen-bond donors (Lipinski definition) is 1. The number of rotatable bonds is 5. The molecule has 0 saturated carbocycles. The Morgan fingerprint density at radius 3 is 2.37 bits per heavy atom. The number of hydrogen-bond acceptors (Lipinski definition) is 2. The summed E-state index contributed by atoms with van der Waals surface area (Å²) in [6.07, 6.45) is 0. The minimum atomic E-state index is -0.337. The van der Waals surface area contributed by atoms with Gasteiger partial charge in [-0.3, -0.25) is 4.79 Å². The van der Waals surface area contributed by atoms with E-state index in [2.05, 4.69) is 5.32 Å². The summed E-state index contributed by atoms with van der Waals surface area (Å²) in [5, 5.41) is 4.32. The third-order valence-electron chi connectivity index (χ3n) is 3.07. The van der Waals surface area contributed by atoms with Gasteiger partial charge in [0.05, 0.1) is 10.7 Å². The van der Waals surface area contributed by atoms with Crippen LogP contribution in [0.15, 0.2) is 12.1 Å². The maximum absolute atomic E-state index is 12.2. The Kier molecular flexibility index (Phi) is 5.95. The van der Waals surface area contributed by atoms with Crippen LogP contribution in [0, 0.1) is 6.92 Å². The van der Waals surface area contributed by atoms with Crippen LogP contribution in [0.1, 0.15) is 26.3 Å². The fourth-order valence-electron chi connectivity index (χ4n) is 1.86. The number of carbonyl (C=O) groups is 1. The number of amides is 1. The summed E-state index contributed by atoms with van der Waals surface area (Å²) in [5.41, 5.74) is 1.60. The van der Waals surface area contributed by atoms with Crippen molar-refractivity contribution < 1.29 is 4.79 Å². The highest BCUT2D eigenvalue weighted by Crippen LogP contribution is 2.29. The molecule has 0 aliphatic rings. The Morgan fingerprint density at radius 2 is 1.84 bits per heavy atom. The highest BCUT2D eigenvalue weighted by Gasteiger charge is 2.19. The fraction of sp³-hybridized carbons (Fsp3) is 0.500. The molecule has 1 atom stereocenters. The third-order valence-corrected chi connectivity index (χ3v) is 3.79. The van der Waals surface area contributed by atoms with E-state index < -0.39 is 0 Å². The summed E-state index contributed by atoms with van der Waals surface area (Å²) in [7, 11) is 0. The van der Waals surface area contributed by atoms with Crippen molar-refractivity contribution in [3.63, 3.8) is 0 Å². The molecule has 1 unspecified atom stereocenters. The molecular weight excluding hydrogens is 283 g/mol. The van der Waals surface area contributed by atoms with Crippen LogP contribution in [0.2, 0.25) is 10.0 Å². The standard InChI is InChI=1S/C14H20Cl2N2O/c1-5-18(6-2)14(19)10(4)17-13-8-11(15)9(3)7-12(13)16/h7-8,10,17H,5-6H2,1-4H3. The average Bonchev–Trinajstić information content (AvgIpc) is 2.37. The molecule has 1 amide bonds. The van der Waals surface area contributed by atoms with Gasteiger partial charge in [0.2, 0.25) is 5.91 Å². The second-order valence-corrected chi connectivity index (χ2v) is 5.27. The minimum Gasteiger partial charge on any atom is -0.373 e. The quantitative estimate of drug-likeness (QED) is 0.892. The van der Waals surface area contributed by atoms with E-state index in [1.807, 2.05) is 27.7 Å². The lowest BCUT2D eigenvalue weighted by atomic mass is 10.2. The largest absolute Gasteiger partial charge is 0.373 e. The summed E-state index contributed by atoms with van der Waals surface area (Å²) in [5.74, 6) is 0.0535. The SMILES string of the molecule is CCN(CC)C(=O)C(C)Nc1cc(Cl)c(C)cc1Cl. The van der Waals surface area contributed by atoms with Crippen LogP contribution in [0.3, 0.4) is 0 Å². The van der Waals surface area contributed by atoms with Crippen molar-refractivity contribution in [3.05, 3.63) is 27.7 Å². The van der Waals surface area contributed by atoms with Gasteiger partial charge in [0, 0.05) is 18.1 Å². The van der Waals surface area contributed by atoms with Gasteiger partial charge in [-0.1, -0.05) is 23.2 Å². The molecular formula is C14H20Cl2N2O. The van der Waals surface area contributed by atoms with Crippen molar-refractivity contribution in [2.24, 2.45) is 0 Å². The van der Waals surface area contributed by atoms with Crippen molar-refractivity contribution in [2.45, 2.75) is 33.7 Å². The van der Waals surface area contributed by atoms with E-state index in [1.165, 1.54) is 0 Å². The predicted molar refractivity (Wildman–Crippen MR) is 82.2 cm³/mol. The van der Waals surface area contributed by atoms with Crippen LogP contribution < -0.4 is 5.32 Å². The summed E-state index contributed by atoms with van der Waals surface area (Å²) in [6.45, 7) is 9.04. The number of aryl methyl sites for hydroxylation is 1. The Labute approximate surface area is 124 Å². The van der Waals surface area contributed by atoms with E-state index in [4.69, 9.17) is 23.2 Å². The molecule has 1 aromatic rings. The molecule has 0 saturated heterocycles. The Hall–Kier alpha value is -0.930. The molecule has 1 rings (SSSR count). The smallest absolute Gasteiger partial charge is 0.244 e. The van der Waals surface area contributed by atoms with E-state index >= 15 is 0 Å². The lowest BCUT2D eigenvalue weighted by molar-refractivity contribution is -0.131. The molecule has 0 aromatic heterocycles. The zero-order valence-electron chi connectivity index (χ0n) is 11.8. The van der Waals surface area contributed by atoms with Crippen molar-refractivity contribution in [2.75, 3.05) is 18.4 Å². The zero-order valence-corrected chi connectivity index (χ0v) is 13.3. The molecule has 0 spiro atoms. The molecule has 0 aliphatic carbocycles. The highest BCUT2D eigenvalue weighted by atomic mass is 35.5. The van der Waals surface area contributed by atoms with E-state index in [0.717, 1.165) is 5.56 Å². The Morgan fingerprint density at radius 1 is 1.26 bits per heavy atom. The molecule has 0 radical (unpaired) electrons. The number of benzene rings is 1. The number of anilines is 1. The predicted octanol–water partition coefficient (Wildman–Crippen LogP) is 3.97. The summed E-state index contributed by atoms with van der Waals surface area (Å²) >= 11 is 12.2. The van der Waals surface area contributed by atoms with Crippen LogP contribution in [-0.4, -0.2) is 29.9 Å². The fourth-order valence-corrected chi connectivity index (χ4v) is 2.30. The second-order valence-electron chi connectivity index (χ2n) is 4.46. The van der Waals surface area contributed by atoms with Gasteiger partial charge in [0.1, 0.15) is 6.04 Å². The molecule has 1 N–H and O–H groups in total. The Bertz CT molecular complexity index is 459. The number of nitrogens with zero attached hydrogens (tertiary/aromatic N) is 1. The molecule has 0 aliphatic heterocycles. The van der Waals surface area contributed by atoms with E-state index in [9.17, 15) is 4.79 Å². The van der Waals surface area contributed by atoms with Crippen LogP contribution >= 0.6 is 23.2 Å². The van der Waals surface area contributed by atoms with E-state index in [0.29, 0.717) is 28.8 Å². The minimum absolute atomic E-state index is 0.0535. The van der Waals surface area contributed by atoms with Crippen molar-refractivity contribution >= 4 is 34.8 Å². The summed E-state index contributed by atoms with van der Waals surface area (Å²) in [4.78, 5) is 13.9. The van der Waals surface area contributed by atoms with Crippen LogP contribution in [-0.2, 0) is 4.79 Å². The third kappa shape index (κ3) is 4.02. The summed E-state index contributed by atoms with van der Waals surface area (Å²) < 4.78 is 0. The van der Waals surface area contributed by atoms with Crippen LogP contribution in [0.5, 0.6) is 0 Å². The van der Waals surface area contributed by atoms with Gasteiger partial charge in [-0.15, -0.1) is 0 Å². The molecule has 0 bridgehead atoms. The number of likely N-dealkylation sites (N-methyl/N-ethyl adjacent to an activating group) is 1. The molecule has 0 heterocycles. The molecule has 1 aromatic carbocycles. The molecule has 19 heavy (non-hydrogen) atoms. The number of halogens is 2. The maximum Gasteiger partial charge on any atom is 0.244 e. The van der Waals surface area contributed by atoms with E-state index in [-0.39, 0.29) is 11.9 Å². The molecule has 3 nitrogen and oxygen atoms in total. The molecule has 5 heteroatoms. The normalized spacial score (nSPS) is 12.1. The monoisotopic (exact) mass is 302 g/mol. The van der Waals surface area contributed by atoms with Gasteiger partial charge in [-0.25, -0.2) is 0 Å². The first-order valence-corrected chi connectivity index (χ1v) is 7.17. The first-order valence-electron chi connectivity index (χ1n) is 6.41.